The summed E-state index contributed by atoms with van der Waals surface area (Å²) in [6.07, 6.45) is 5.49. The third-order valence-electron chi connectivity index (χ3n) is 3.47. The molecule has 0 aromatic heterocycles. The van der Waals surface area contributed by atoms with Gasteiger partial charge in [-0.2, -0.15) is 0 Å². The number of fused-ring (bicyclic) bond motifs is 1. The molecule has 0 aromatic rings. The third kappa shape index (κ3) is 1.93. The summed E-state index contributed by atoms with van der Waals surface area (Å²) in [5, 5.41) is 10.6. The second-order valence-corrected chi connectivity index (χ2v) is 4.48. The van der Waals surface area contributed by atoms with E-state index in [1.165, 1.54) is 0 Å². The van der Waals surface area contributed by atoms with Crippen molar-refractivity contribution in [2.24, 2.45) is 11.8 Å². The van der Waals surface area contributed by atoms with Crippen LogP contribution in [0.25, 0.3) is 0 Å². The standard InChI is InChI=1S/C12H16N2O2/c1-3-5-9(4-2)6-13-7-10-11(8-13)12(10)14(15)16/h3-5,10-12H,1-2,6-8H2/b9-5+. The number of piperidine rings is 1. The lowest BCUT2D eigenvalue weighted by Gasteiger charge is -2.18. The van der Waals surface area contributed by atoms with Crippen molar-refractivity contribution in [3.8, 4) is 0 Å². The molecule has 2 rings (SSSR count). The molecule has 0 N–H and O–H groups in total. The molecule has 1 aliphatic carbocycles. The molecule has 2 aliphatic rings. The molecule has 16 heavy (non-hydrogen) atoms. The summed E-state index contributed by atoms with van der Waals surface area (Å²) in [7, 11) is 0. The highest BCUT2D eigenvalue weighted by molar-refractivity contribution is 5.23. The van der Waals surface area contributed by atoms with Crippen LogP contribution in [0.1, 0.15) is 0 Å². The summed E-state index contributed by atoms with van der Waals surface area (Å²) in [6.45, 7) is 9.91. The van der Waals surface area contributed by atoms with Crippen LogP contribution in [-0.4, -0.2) is 35.5 Å². The van der Waals surface area contributed by atoms with E-state index in [1.54, 1.807) is 6.08 Å². The minimum atomic E-state index is -0.271. The van der Waals surface area contributed by atoms with Crippen molar-refractivity contribution in [3.63, 3.8) is 0 Å². The summed E-state index contributed by atoms with van der Waals surface area (Å²) in [5.74, 6) is 0.564. The first-order valence-corrected chi connectivity index (χ1v) is 5.47. The molecule has 2 unspecified atom stereocenters. The predicted molar refractivity (Wildman–Crippen MR) is 62.7 cm³/mol. The highest BCUT2D eigenvalue weighted by atomic mass is 16.6. The van der Waals surface area contributed by atoms with E-state index in [9.17, 15) is 10.1 Å². The quantitative estimate of drug-likeness (QED) is 0.400. The highest BCUT2D eigenvalue weighted by Crippen LogP contribution is 2.47. The first-order chi connectivity index (χ1) is 7.67. The van der Waals surface area contributed by atoms with E-state index in [4.69, 9.17) is 0 Å². The Hall–Kier alpha value is -1.42. The number of hydrogen-bond donors (Lipinski definition) is 0. The Kier molecular flexibility index (Phi) is 2.92. The van der Waals surface area contributed by atoms with Gasteiger partial charge in [0.25, 0.3) is 0 Å². The van der Waals surface area contributed by atoms with Crippen LogP contribution in [0.4, 0.5) is 0 Å². The van der Waals surface area contributed by atoms with Crippen LogP contribution in [0.3, 0.4) is 0 Å². The molecule has 1 heterocycles. The van der Waals surface area contributed by atoms with E-state index >= 15 is 0 Å². The van der Waals surface area contributed by atoms with Crippen LogP contribution in [0, 0.1) is 22.0 Å². The van der Waals surface area contributed by atoms with Crippen molar-refractivity contribution in [3.05, 3.63) is 47.1 Å². The Labute approximate surface area is 95.1 Å². The number of hydrogen-bond acceptors (Lipinski definition) is 3. The lowest BCUT2D eigenvalue weighted by molar-refractivity contribution is -0.502. The van der Waals surface area contributed by atoms with Gasteiger partial charge in [-0.25, -0.2) is 0 Å². The Balaban J connectivity index is 1.85. The van der Waals surface area contributed by atoms with Gasteiger partial charge in [0.2, 0.25) is 6.04 Å². The van der Waals surface area contributed by atoms with Crippen molar-refractivity contribution in [2.75, 3.05) is 19.6 Å². The molecule has 0 spiro atoms. The Morgan fingerprint density at radius 1 is 1.44 bits per heavy atom. The zero-order valence-corrected chi connectivity index (χ0v) is 9.21. The van der Waals surface area contributed by atoms with Crippen molar-refractivity contribution >= 4 is 0 Å². The van der Waals surface area contributed by atoms with E-state index in [0.29, 0.717) is 0 Å². The number of allylic oxidation sites excluding steroid dienone is 2. The van der Waals surface area contributed by atoms with Crippen LogP contribution in [0.5, 0.6) is 0 Å². The molecule has 2 fully saturated rings. The van der Waals surface area contributed by atoms with E-state index < -0.39 is 0 Å². The first kappa shape index (κ1) is 11.1. The number of nitro groups is 1. The van der Waals surface area contributed by atoms with Gasteiger partial charge in [0.1, 0.15) is 0 Å². The zero-order valence-electron chi connectivity index (χ0n) is 9.21. The molecule has 86 valence electrons. The van der Waals surface area contributed by atoms with Crippen LogP contribution >= 0.6 is 0 Å². The Bertz CT molecular complexity index is 350. The van der Waals surface area contributed by atoms with Crippen LogP contribution in [-0.2, 0) is 0 Å². The molecule has 0 amide bonds. The number of rotatable bonds is 5. The predicted octanol–water partition coefficient (Wildman–Crippen LogP) is 1.49. The summed E-state index contributed by atoms with van der Waals surface area (Å²) in [6, 6.07) is -0.271. The summed E-state index contributed by atoms with van der Waals surface area (Å²) in [5.41, 5.74) is 1.12. The van der Waals surface area contributed by atoms with Crippen LogP contribution in [0.15, 0.2) is 37.0 Å². The molecular formula is C12H16N2O2. The maximum absolute atomic E-state index is 10.6. The van der Waals surface area contributed by atoms with Crippen LogP contribution < -0.4 is 0 Å². The average molecular weight is 220 g/mol. The topological polar surface area (TPSA) is 46.4 Å². The van der Waals surface area contributed by atoms with Crippen molar-refractivity contribution < 1.29 is 4.92 Å². The average Bonchev–Trinajstić information content (AvgIpc) is 2.76. The minimum Gasteiger partial charge on any atom is -0.298 e. The molecule has 4 nitrogen and oxygen atoms in total. The Morgan fingerprint density at radius 3 is 2.50 bits per heavy atom. The van der Waals surface area contributed by atoms with Gasteiger partial charge in [0.05, 0.1) is 11.8 Å². The van der Waals surface area contributed by atoms with Crippen LogP contribution in [0.2, 0.25) is 0 Å². The molecule has 0 aromatic carbocycles. The maximum Gasteiger partial charge on any atom is 0.222 e. The minimum absolute atomic E-state index is 0.124. The largest absolute Gasteiger partial charge is 0.298 e. The van der Waals surface area contributed by atoms with Gasteiger partial charge < -0.3 is 0 Å². The maximum atomic E-state index is 10.6. The normalized spacial score (nSPS) is 33.2. The number of nitrogens with zero attached hydrogens (tertiary/aromatic N) is 2. The Morgan fingerprint density at radius 2 is 2.06 bits per heavy atom. The van der Waals surface area contributed by atoms with Gasteiger partial charge >= 0.3 is 0 Å². The summed E-state index contributed by atoms with van der Waals surface area (Å²) in [4.78, 5) is 12.7. The number of likely N-dealkylation sites (tertiary alicyclic amines) is 1. The summed E-state index contributed by atoms with van der Waals surface area (Å²) >= 11 is 0. The first-order valence-electron chi connectivity index (χ1n) is 5.47. The van der Waals surface area contributed by atoms with Gasteiger partial charge in [-0.05, 0) is 5.57 Å². The fourth-order valence-electron chi connectivity index (χ4n) is 2.62. The molecule has 1 saturated heterocycles. The van der Waals surface area contributed by atoms with Crippen molar-refractivity contribution in [1.82, 2.24) is 4.90 Å². The van der Waals surface area contributed by atoms with Gasteiger partial charge in [-0.3, -0.25) is 15.0 Å². The second kappa shape index (κ2) is 4.22. The molecule has 4 heteroatoms. The smallest absolute Gasteiger partial charge is 0.222 e. The van der Waals surface area contributed by atoms with Gasteiger partial charge in [0, 0.05) is 24.6 Å². The lowest BCUT2D eigenvalue weighted by Crippen LogP contribution is -2.29. The summed E-state index contributed by atoms with van der Waals surface area (Å²) < 4.78 is 0. The van der Waals surface area contributed by atoms with E-state index in [2.05, 4.69) is 18.1 Å². The fraction of sp³-hybridized carbons (Fsp3) is 0.500. The second-order valence-electron chi connectivity index (χ2n) is 4.48. The lowest BCUT2D eigenvalue weighted by atomic mass is 10.2. The van der Waals surface area contributed by atoms with Gasteiger partial charge in [-0.1, -0.05) is 31.4 Å². The highest BCUT2D eigenvalue weighted by Gasteiger charge is 2.64. The molecule has 1 aliphatic heterocycles. The molecule has 0 radical (unpaired) electrons. The monoisotopic (exact) mass is 220 g/mol. The van der Waals surface area contributed by atoms with Gasteiger partial charge in [-0.15, -0.1) is 0 Å². The zero-order chi connectivity index (χ0) is 11.7. The molecule has 2 atom stereocenters. The molecule has 1 saturated carbocycles. The van der Waals surface area contributed by atoms with E-state index in [1.807, 2.05) is 12.2 Å². The van der Waals surface area contributed by atoms with E-state index in [0.717, 1.165) is 25.2 Å². The SMILES string of the molecule is C=C/C=C(\C=C)CN1CC2C(C1)C2[N+](=O)[O-]. The molecule has 0 bridgehead atoms. The van der Waals surface area contributed by atoms with E-state index in [-0.39, 0.29) is 22.8 Å². The molecular weight excluding hydrogens is 204 g/mol. The van der Waals surface area contributed by atoms with Crippen molar-refractivity contribution in [2.45, 2.75) is 6.04 Å². The van der Waals surface area contributed by atoms with Crippen molar-refractivity contribution in [1.29, 1.82) is 0 Å². The third-order valence-corrected chi connectivity index (χ3v) is 3.47. The van der Waals surface area contributed by atoms with Gasteiger partial charge in [0.15, 0.2) is 0 Å². The fourth-order valence-corrected chi connectivity index (χ4v) is 2.62.